The summed E-state index contributed by atoms with van der Waals surface area (Å²) in [6.45, 7) is 8.27. The Morgan fingerprint density at radius 1 is 1.16 bits per heavy atom. The van der Waals surface area contributed by atoms with Crippen molar-refractivity contribution < 1.29 is 9.31 Å². The summed E-state index contributed by atoms with van der Waals surface area (Å²) in [5.74, 6) is 0. The monoisotopic (exact) mass is 260 g/mol. The van der Waals surface area contributed by atoms with Crippen molar-refractivity contribution in [3.8, 4) is 0 Å². The molecule has 1 aromatic rings. The fraction of sp³-hybridized carbons (Fsp3) is 0.643. The first-order valence-corrected chi connectivity index (χ1v) is 6.94. The first-order chi connectivity index (χ1) is 8.89. The van der Waals surface area contributed by atoms with Crippen molar-refractivity contribution in [1.29, 1.82) is 0 Å². The van der Waals surface area contributed by atoms with Gasteiger partial charge in [0.05, 0.1) is 17.2 Å². The number of nitrogens with zero attached hydrogens (tertiary/aromatic N) is 2. The highest BCUT2D eigenvalue weighted by molar-refractivity contribution is 6.61. The smallest absolute Gasteiger partial charge is 0.399 e. The molecule has 102 valence electrons. The van der Waals surface area contributed by atoms with Gasteiger partial charge >= 0.3 is 7.12 Å². The maximum Gasteiger partial charge on any atom is 0.498 e. The zero-order chi connectivity index (χ0) is 13.7. The van der Waals surface area contributed by atoms with E-state index in [0.29, 0.717) is 6.04 Å². The largest absolute Gasteiger partial charge is 0.498 e. The van der Waals surface area contributed by atoms with E-state index in [-0.39, 0.29) is 18.3 Å². The van der Waals surface area contributed by atoms with Crippen molar-refractivity contribution in [2.75, 3.05) is 0 Å². The van der Waals surface area contributed by atoms with Crippen LogP contribution < -0.4 is 5.46 Å². The Morgan fingerprint density at radius 2 is 1.74 bits per heavy atom. The molecule has 0 bridgehead atoms. The predicted molar refractivity (Wildman–Crippen MR) is 75.4 cm³/mol. The third-order valence-electron chi connectivity index (χ3n) is 4.50. The Labute approximate surface area is 114 Å². The van der Waals surface area contributed by atoms with Crippen LogP contribution in [0.1, 0.15) is 46.6 Å². The van der Waals surface area contributed by atoms with Gasteiger partial charge in [0.1, 0.15) is 0 Å². The minimum Gasteiger partial charge on any atom is -0.399 e. The third-order valence-corrected chi connectivity index (χ3v) is 4.50. The lowest BCUT2D eigenvalue weighted by molar-refractivity contribution is 0.00578. The first-order valence-electron chi connectivity index (χ1n) is 6.94. The molecule has 1 saturated heterocycles. The molecule has 0 atom stereocenters. The average molecular weight is 260 g/mol. The number of rotatable bonds is 2. The van der Waals surface area contributed by atoms with Gasteiger partial charge in [0.25, 0.3) is 0 Å². The van der Waals surface area contributed by atoms with Crippen LogP contribution in [0.4, 0.5) is 0 Å². The zero-order valence-electron chi connectivity index (χ0n) is 12.1. The molecule has 1 aromatic heterocycles. The lowest BCUT2D eigenvalue weighted by atomic mass is 9.82. The molecule has 0 saturated carbocycles. The predicted octanol–water partition coefficient (Wildman–Crippen LogP) is 2.07. The maximum absolute atomic E-state index is 6.03. The summed E-state index contributed by atoms with van der Waals surface area (Å²) < 4.78 is 14.1. The topological polar surface area (TPSA) is 36.3 Å². The van der Waals surface area contributed by atoms with Crippen LogP contribution in [-0.2, 0) is 9.31 Å². The number of allylic oxidation sites excluding steroid dienone is 2. The minimum absolute atomic E-state index is 0.297. The summed E-state index contributed by atoms with van der Waals surface area (Å²) in [4.78, 5) is 0. The van der Waals surface area contributed by atoms with Crippen LogP contribution in [0.3, 0.4) is 0 Å². The van der Waals surface area contributed by atoms with Gasteiger partial charge in [-0.25, -0.2) is 0 Å². The molecule has 19 heavy (non-hydrogen) atoms. The Morgan fingerprint density at radius 3 is 2.32 bits per heavy atom. The van der Waals surface area contributed by atoms with Gasteiger partial charge in [-0.05, 0) is 40.5 Å². The van der Waals surface area contributed by atoms with Crippen LogP contribution in [0.15, 0.2) is 24.5 Å². The molecular formula is C14H21BN2O2. The normalized spacial score (nSPS) is 25.4. The zero-order valence-corrected chi connectivity index (χ0v) is 12.1. The molecule has 3 rings (SSSR count). The molecule has 2 heterocycles. The van der Waals surface area contributed by atoms with Crippen LogP contribution in [0.25, 0.3) is 0 Å². The van der Waals surface area contributed by atoms with Crippen molar-refractivity contribution in [1.82, 2.24) is 9.78 Å². The van der Waals surface area contributed by atoms with Gasteiger partial charge in [0.15, 0.2) is 0 Å². The summed E-state index contributed by atoms with van der Waals surface area (Å²) in [5, 5.41) is 4.45. The quantitative estimate of drug-likeness (QED) is 0.603. The van der Waals surface area contributed by atoms with Crippen LogP contribution >= 0.6 is 0 Å². The van der Waals surface area contributed by atoms with Gasteiger partial charge in [-0.15, -0.1) is 0 Å². The van der Waals surface area contributed by atoms with Crippen molar-refractivity contribution >= 4 is 12.6 Å². The Kier molecular flexibility index (Phi) is 2.87. The van der Waals surface area contributed by atoms with E-state index in [1.54, 1.807) is 0 Å². The molecule has 0 unspecified atom stereocenters. The SMILES string of the molecule is CC1(C)OB(c2cnn(C3CC=CC3)c2)OC1(C)C. The van der Waals surface area contributed by atoms with Crippen LogP contribution in [-0.4, -0.2) is 28.1 Å². The number of hydrogen-bond acceptors (Lipinski definition) is 3. The Balaban J connectivity index is 1.77. The first kappa shape index (κ1) is 12.9. The fourth-order valence-electron chi connectivity index (χ4n) is 2.47. The molecule has 5 heteroatoms. The third kappa shape index (κ3) is 2.15. The molecule has 2 aliphatic rings. The van der Waals surface area contributed by atoms with Crippen molar-refractivity contribution in [3.05, 3.63) is 24.5 Å². The maximum atomic E-state index is 6.03. The van der Waals surface area contributed by atoms with E-state index in [1.165, 1.54) is 0 Å². The second kappa shape index (κ2) is 4.22. The Hall–Kier alpha value is -1.07. The molecule has 0 N–H and O–H groups in total. The Bertz CT molecular complexity index is 483. The molecule has 0 aromatic carbocycles. The number of hydrogen-bond donors (Lipinski definition) is 0. The van der Waals surface area contributed by atoms with Crippen molar-refractivity contribution in [2.24, 2.45) is 0 Å². The van der Waals surface area contributed by atoms with Crippen LogP contribution in [0.2, 0.25) is 0 Å². The van der Waals surface area contributed by atoms with E-state index < -0.39 is 0 Å². The summed E-state index contributed by atoms with van der Waals surface area (Å²) >= 11 is 0. The van der Waals surface area contributed by atoms with Gasteiger partial charge in [-0.2, -0.15) is 5.10 Å². The van der Waals surface area contributed by atoms with Gasteiger partial charge in [0, 0.05) is 17.9 Å². The van der Waals surface area contributed by atoms with Gasteiger partial charge in [0.2, 0.25) is 0 Å². The highest BCUT2D eigenvalue weighted by Crippen LogP contribution is 2.36. The molecule has 4 nitrogen and oxygen atoms in total. The standard InChI is InChI=1S/C14H21BN2O2/c1-13(2)14(3,4)19-15(18-13)11-9-16-17(10-11)12-7-5-6-8-12/h5-6,9-10,12H,7-8H2,1-4H3. The minimum atomic E-state index is -0.312. The lowest BCUT2D eigenvalue weighted by Crippen LogP contribution is -2.41. The van der Waals surface area contributed by atoms with E-state index in [9.17, 15) is 0 Å². The highest BCUT2D eigenvalue weighted by Gasteiger charge is 2.52. The van der Waals surface area contributed by atoms with Crippen LogP contribution in [0, 0.1) is 0 Å². The summed E-state index contributed by atoms with van der Waals surface area (Å²) in [5.41, 5.74) is 0.411. The molecule has 1 aliphatic heterocycles. The summed E-state index contributed by atoms with van der Waals surface area (Å²) in [6.07, 6.45) is 10.5. The average Bonchev–Trinajstić information content (AvgIpc) is 3.00. The molecule has 0 spiro atoms. The van der Waals surface area contributed by atoms with E-state index in [0.717, 1.165) is 18.3 Å². The van der Waals surface area contributed by atoms with E-state index in [1.807, 2.05) is 10.9 Å². The second-order valence-electron chi connectivity index (χ2n) is 6.44. The lowest BCUT2D eigenvalue weighted by Gasteiger charge is -2.32. The molecular weight excluding hydrogens is 239 g/mol. The van der Waals surface area contributed by atoms with Gasteiger partial charge in [-0.3, -0.25) is 4.68 Å². The number of aromatic nitrogens is 2. The highest BCUT2D eigenvalue weighted by atomic mass is 16.7. The fourth-order valence-corrected chi connectivity index (χ4v) is 2.47. The summed E-state index contributed by atoms with van der Waals surface area (Å²) in [6, 6.07) is 0.455. The molecule has 1 fully saturated rings. The molecule has 1 aliphatic carbocycles. The van der Waals surface area contributed by atoms with E-state index >= 15 is 0 Å². The van der Waals surface area contributed by atoms with E-state index in [4.69, 9.17) is 9.31 Å². The van der Waals surface area contributed by atoms with Gasteiger partial charge in [-0.1, -0.05) is 12.2 Å². The molecule has 0 radical (unpaired) electrons. The van der Waals surface area contributed by atoms with Crippen molar-refractivity contribution in [2.45, 2.75) is 57.8 Å². The molecule has 0 amide bonds. The van der Waals surface area contributed by atoms with Crippen LogP contribution in [0.5, 0.6) is 0 Å². The van der Waals surface area contributed by atoms with Crippen molar-refractivity contribution in [3.63, 3.8) is 0 Å². The summed E-state index contributed by atoms with van der Waals surface area (Å²) in [7, 11) is -0.312. The van der Waals surface area contributed by atoms with Gasteiger partial charge < -0.3 is 9.31 Å². The second-order valence-corrected chi connectivity index (χ2v) is 6.44. The van der Waals surface area contributed by atoms with E-state index in [2.05, 4.69) is 51.1 Å².